The van der Waals surface area contributed by atoms with Crippen molar-refractivity contribution in [3.63, 3.8) is 0 Å². The highest BCUT2D eigenvalue weighted by molar-refractivity contribution is 5.94. The van der Waals surface area contributed by atoms with E-state index >= 15 is 0 Å². The van der Waals surface area contributed by atoms with E-state index in [-0.39, 0.29) is 75.2 Å². The molecule has 3 saturated heterocycles. The lowest BCUT2D eigenvalue weighted by atomic mass is 9.68. The summed E-state index contributed by atoms with van der Waals surface area (Å²) in [4.78, 5) is 62.7. The first-order valence-corrected chi connectivity index (χ1v) is 33.6. The van der Waals surface area contributed by atoms with Crippen molar-refractivity contribution in [3.05, 3.63) is 112 Å². The summed E-state index contributed by atoms with van der Waals surface area (Å²) >= 11 is 0. The highest BCUT2D eigenvalue weighted by atomic mass is 16.7. The van der Waals surface area contributed by atoms with Crippen LogP contribution in [0.5, 0.6) is 0 Å². The van der Waals surface area contributed by atoms with E-state index in [1.165, 1.54) is 14.0 Å². The van der Waals surface area contributed by atoms with Crippen molar-refractivity contribution in [1.82, 2.24) is 19.3 Å². The van der Waals surface area contributed by atoms with Crippen LogP contribution in [0, 0.1) is 23.7 Å². The fourth-order valence-electron chi connectivity index (χ4n) is 14.7. The number of hydrogen-bond acceptors (Lipinski definition) is 20. The summed E-state index contributed by atoms with van der Waals surface area (Å²) in [5.41, 5.74) is -1.41. The van der Waals surface area contributed by atoms with E-state index in [9.17, 15) is 39.6 Å². The van der Waals surface area contributed by atoms with Gasteiger partial charge in [0.1, 0.15) is 41.7 Å². The van der Waals surface area contributed by atoms with E-state index in [0.717, 1.165) is 29.5 Å². The van der Waals surface area contributed by atoms with Gasteiger partial charge in [-0.2, -0.15) is 0 Å². The molecular formula is C72H107N5O16. The van der Waals surface area contributed by atoms with Gasteiger partial charge in [-0.3, -0.25) is 19.3 Å². The lowest BCUT2D eigenvalue weighted by Gasteiger charge is -2.52. The average molecular weight is 1300 g/mol. The quantitative estimate of drug-likeness (QED) is 0.0270. The summed E-state index contributed by atoms with van der Waals surface area (Å²) in [5.74, 6) is -4.59. The number of benzene rings is 3. The number of aromatic nitrogens is 1. The summed E-state index contributed by atoms with van der Waals surface area (Å²) in [5, 5.41) is 52.4. The number of aliphatic hydroxyl groups is 4. The number of methoxy groups -OCH3 is 1. The van der Waals surface area contributed by atoms with E-state index < -0.39 is 113 Å². The van der Waals surface area contributed by atoms with E-state index in [1.807, 2.05) is 112 Å². The van der Waals surface area contributed by atoms with Gasteiger partial charge in [-0.05, 0) is 136 Å². The van der Waals surface area contributed by atoms with Gasteiger partial charge in [0.05, 0.1) is 61.1 Å². The number of fused-ring (bicyclic) bond motifs is 1. The molecular weight excluding hydrogens is 1190 g/mol. The lowest BCUT2D eigenvalue weighted by Crippen LogP contribution is -2.62. The maximum absolute atomic E-state index is 14.9. The molecule has 516 valence electrons. The number of hydrogen-bond donors (Lipinski definition) is 5. The molecule has 5 N–H and O–H groups in total. The molecule has 3 aromatic carbocycles. The molecule has 0 radical (unpaired) electrons. The van der Waals surface area contributed by atoms with Crippen LogP contribution in [-0.2, 0) is 60.6 Å². The predicted molar refractivity (Wildman–Crippen MR) is 354 cm³/mol. The van der Waals surface area contributed by atoms with Crippen molar-refractivity contribution < 1.29 is 72.7 Å². The van der Waals surface area contributed by atoms with Gasteiger partial charge in [0.2, 0.25) is 5.43 Å². The first kappa shape index (κ1) is 73.4. The maximum atomic E-state index is 14.9. The molecule has 0 bridgehead atoms. The predicted octanol–water partition coefficient (Wildman–Crippen LogP) is 7.75. The van der Waals surface area contributed by atoms with Crippen molar-refractivity contribution in [2.75, 3.05) is 73.0 Å². The third-order valence-electron chi connectivity index (χ3n) is 20.1. The molecule has 0 amide bonds. The number of pyridine rings is 1. The van der Waals surface area contributed by atoms with Crippen molar-refractivity contribution in [2.24, 2.45) is 23.7 Å². The highest BCUT2D eigenvalue weighted by Gasteiger charge is 2.56. The molecule has 8 rings (SSSR count). The Labute approximate surface area is 550 Å². The minimum absolute atomic E-state index is 0.0138. The topological polar surface area (TPSA) is 250 Å². The van der Waals surface area contributed by atoms with Gasteiger partial charge in [-0.15, -0.1) is 0 Å². The van der Waals surface area contributed by atoms with Crippen LogP contribution in [0.4, 0.5) is 5.69 Å². The molecule has 18 atom stereocenters. The second-order valence-corrected chi connectivity index (χ2v) is 28.1. The van der Waals surface area contributed by atoms with Gasteiger partial charge < -0.3 is 78.0 Å². The van der Waals surface area contributed by atoms with Crippen molar-refractivity contribution in [3.8, 4) is 0 Å². The van der Waals surface area contributed by atoms with Gasteiger partial charge in [-0.25, -0.2) is 4.79 Å². The molecule has 1 aromatic heterocycles. The zero-order valence-electron chi connectivity index (χ0n) is 57.4. The Morgan fingerprint density at radius 1 is 0.839 bits per heavy atom. The molecule has 93 heavy (non-hydrogen) atoms. The summed E-state index contributed by atoms with van der Waals surface area (Å²) in [6, 6.07) is 25.1. The number of ether oxygens (including phenoxy) is 8. The standard InChI is InChI=1S/C72H107N5O16/c1-15-59-72(10,85)64(81)48(6)75(13)40-44(2)38-70(8,84)65(93-69-63(80)57(74(11)12)36-45(3)89-69)46(4)61(47(5)67(82)91-59)58-39-71(9,86-14)66(49(7)90-58)92-60(78)30-33-87-34-31-73-52-26-29-56-54(37-52)62(79)55(43-77(56)53-27-28-53)68(83)88-35-32-76(41-50-22-18-16-19-23-50)42-51-24-20-17-21-25-51/h16-26,29,37,43-49,53,57-59,61,63-66,69,73,80-81,84-85H,15,27-28,30-36,38-42H2,1-14H3/t44-,45-,46+,47-,48-,49+,57+,58?,59-,61+,63-,64-,65-,66+,69+,70-,71-,72-/m1/s1. The number of rotatable bonds is 23. The van der Waals surface area contributed by atoms with Crippen LogP contribution < -0.4 is 10.7 Å². The number of anilines is 1. The van der Waals surface area contributed by atoms with Crippen LogP contribution >= 0.6 is 0 Å². The Balaban J connectivity index is 0.922. The lowest BCUT2D eigenvalue weighted by molar-refractivity contribution is -0.302. The molecule has 1 aliphatic carbocycles. The Kier molecular flexibility index (Phi) is 25.3. The van der Waals surface area contributed by atoms with Gasteiger partial charge in [0, 0.05) is 87.6 Å². The second kappa shape index (κ2) is 32.1. The van der Waals surface area contributed by atoms with Crippen molar-refractivity contribution in [1.29, 1.82) is 0 Å². The number of nitrogens with one attached hydrogen (secondary N) is 1. The summed E-state index contributed by atoms with van der Waals surface area (Å²) in [6.45, 7) is 20.8. The zero-order chi connectivity index (χ0) is 67.7. The third-order valence-corrected chi connectivity index (χ3v) is 20.1. The van der Waals surface area contributed by atoms with Gasteiger partial charge in [0.15, 0.2) is 12.4 Å². The highest BCUT2D eigenvalue weighted by Crippen LogP contribution is 2.46. The number of carbonyl (C=O) groups excluding carboxylic acids is 3. The summed E-state index contributed by atoms with van der Waals surface area (Å²) in [6.07, 6.45) is -4.13. The van der Waals surface area contributed by atoms with E-state index in [2.05, 4.69) is 34.5 Å². The first-order chi connectivity index (χ1) is 44.1. The molecule has 21 nitrogen and oxygen atoms in total. The molecule has 21 heteroatoms. The molecule has 0 spiro atoms. The smallest absolute Gasteiger partial charge is 0.343 e. The number of esters is 3. The van der Waals surface area contributed by atoms with E-state index in [1.54, 1.807) is 46.9 Å². The van der Waals surface area contributed by atoms with Crippen LogP contribution in [0.3, 0.4) is 0 Å². The fourth-order valence-corrected chi connectivity index (χ4v) is 14.7. The second-order valence-electron chi connectivity index (χ2n) is 28.1. The van der Waals surface area contributed by atoms with Gasteiger partial charge in [0.25, 0.3) is 0 Å². The first-order valence-electron chi connectivity index (χ1n) is 33.6. The van der Waals surface area contributed by atoms with Crippen molar-refractivity contribution >= 4 is 34.5 Å². The molecule has 1 saturated carbocycles. The third kappa shape index (κ3) is 18.2. The molecule has 4 fully saturated rings. The normalized spacial score (nSPS) is 33.6. The largest absolute Gasteiger partial charge is 0.461 e. The Morgan fingerprint density at radius 2 is 1.49 bits per heavy atom. The minimum atomic E-state index is -1.86. The Morgan fingerprint density at radius 3 is 2.11 bits per heavy atom. The fraction of sp³-hybridized carbons (Fsp3) is 0.667. The Hall–Kier alpha value is -5.40. The number of likely N-dealkylation sites (N-methyl/N-ethyl adjacent to an activating group) is 2. The maximum Gasteiger partial charge on any atom is 0.343 e. The monoisotopic (exact) mass is 1300 g/mol. The van der Waals surface area contributed by atoms with Crippen LogP contribution in [-0.4, -0.2) is 209 Å². The molecule has 1 unspecified atom stereocenters. The van der Waals surface area contributed by atoms with E-state index in [0.29, 0.717) is 50.2 Å². The van der Waals surface area contributed by atoms with Gasteiger partial charge in [-0.1, -0.05) is 88.4 Å². The number of aliphatic hydroxyl groups excluding tert-OH is 2. The molecule has 4 heterocycles. The van der Waals surface area contributed by atoms with Crippen LogP contribution in [0.15, 0.2) is 89.9 Å². The van der Waals surface area contributed by atoms with Crippen LogP contribution in [0.25, 0.3) is 10.9 Å². The summed E-state index contributed by atoms with van der Waals surface area (Å²) < 4.78 is 52.8. The summed E-state index contributed by atoms with van der Waals surface area (Å²) in [7, 11) is 7.15. The zero-order valence-corrected chi connectivity index (χ0v) is 57.4. The van der Waals surface area contributed by atoms with Crippen LogP contribution in [0.1, 0.15) is 142 Å². The molecule has 4 aliphatic rings. The molecule has 4 aromatic rings. The molecule has 3 aliphatic heterocycles. The SMILES string of the molecule is CC[C@H]1OC(=O)[C@H](C)[C@@H](C2C[C@@](C)(OC)[C@@H](OC(=O)CCOCCNc3ccc4c(c3)c(=O)c(C(=O)OCCN(Cc3ccccc3)Cc3ccccc3)cn4C3CC3)[C@H](C)O2)[C@H](C)[C@@H](O[C@@H]2O[C@H](C)C[C@H](N(C)C)[C@H]2O)[C@](C)(O)C[C@@H](C)CN(C)[C@H](C)[C@@H](O)[C@]1(C)O. The van der Waals surface area contributed by atoms with Crippen LogP contribution in [0.2, 0.25) is 0 Å². The number of nitrogens with zero attached hydrogens (tertiary/aromatic N) is 4. The number of cyclic esters (lactones) is 1. The van der Waals surface area contributed by atoms with Gasteiger partial charge >= 0.3 is 17.9 Å². The van der Waals surface area contributed by atoms with E-state index in [4.69, 9.17) is 37.9 Å². The Bertz CT molecular complexity index is 3090. The number of carbonyl (C=O) groups is 3. The minimum Gasteiger partial charge on any atom is -0.461 e. The average Bonchev–Trinajstić information content (AvgIpc) is 1.75. The van der Waals surface area contributed by atoms with Crippen molar-refractivity contribution in [2.45, 2.75) is 217 Å².